The molecule has 7 heteroatoms. The number of nitriles is 1. The summed E-state index contributed by atoms with van der Waals surface area (Å²) in [6, 6.07) is 11.7. The van der Waals surface area contributed by atoms with Crippen molar-refractivity contribution in [3.63, 3.8) is 0 Å². The Morgan fingerprint density at radius 3 is 2.78 bits per heavy atom. The Bertz CT molecular complexity index is 816. The second kappa shape index (κ2) is 10.4. The van der Waals surface area contributed by atoms with E-state index >= 15 is 0 Å². The first-order valence-electron chi connectivity index (χ1n) is 8.50. The number of rotatable bonds is 9. The van der Waals surface area contributed by atoms with Gasteiger partial charge in [-0.15, -0.1) is 0 Å². The highest BCUT2D eigenvalue weighted by Crippen LogP contribution is 2.30. The molecule has 0 fully saturated rings. The van der Waals surface area contributed by atoms with E-state index in [2.05, 4.69) is 5.32 Å². The van der Waals surface area contributed by atoms with Gasteiger partial charge in [0.2, 0.25) is 5.91 Å². The maximum Gasteiger partial charge on any atom is 0.234 e. The van der Waals surface area contributed by atoms with Crippen molar-refractivity contribution < 1.29 is 18.7 Å². The van der Waals surface area contributed by atoms with Gasteiger partial charge in [0.15, 0.2) is 11.5 Å². The molecule has 0 heterocycles. The summed E-state index contributed by atoms with van der Waals surface area (Å²) in [4.78, 5) is 11.3. The van der Waals surface area contributed by atoms with Gasteiger partial charge in [-0.3, -0.25) is 4.79 Å². The lowest BCUT2D eigenvalue weighted by atomic mass is 10.1. The van der Waals surface area contributed by atoms with Crippen molar-refractivity contribution in [3.05, 3.63) is 58.4 Å². The fourth-order valence-electron chi connectivity index (χ4n) is 2.40. The largest absolute Gasteiger partial charge is 0.490 e. The third-order valence-corrected chi connectivity index (χ3v) is 4.07. The molecule has 2 aromatic carbocycles. The normalized spacial score (nSPS) is 10.1. The lowest BCUT2D eigenvalue weighted by Gasteiger charge is -2.14. The minimum absolute atomic E-state index is 0.0187. The molecule has 142 valence electrons. The number of carbonyl (C=O) groups excluding carboxylic acids is 1. The van der Waals surface area contributed by atoms with Crippen LogP contribution in [0, 0.1) is 17.1 Å². The Labute approximate surface area is 162 Å². The van der Waals surface area contributed by atoms with Crippen LogP contribution < -0.4 is 14.8 Å². The monoisotopic (exact) mass is 390 g/mol. The lowest BCUT2D eigenvalue weighted by Crippen LogP contribution is -2.24. The number of halogens is 2. The van der Waals surface area contributed by atoms with Crippen LogP contribution in [0.1, 0.15) is 24.5 Å². The second-order valence-electron chi connectivity index (χ2n) is 5.64. The Balaban J connectivity index is 2.04. The molecule has 0 aromatic heterocycles. The number of nitrogens with zero attached hydrogens (tertiary/aromatic N) is 1. The zero-order valence-corrected chi connectivity index (χ0v) is 15.7. The molecule has 2 aromatic rings. The van der Waals surface area contributed by atoms with Gasteiger partial charge < -0.3 is 14.8 Å². The molecule has 0 unspecified atom stereocenters. The maximum atomic E-state index is 13.9. The van der Waals surface area contributed by atoms with Gasteiger partial charge in [-0.2, -0.15) is 5.26 Å². The first-order valence-corrected chi connectivity index (χ1v) is 8.88. The van der Waals surface area contributed by atoms with Gasteiger partial charge in [0.1, 0.15) is 18.8 Å². The van der Waals surface area contributed by atoms with Crippen LogP contribution in [0.25, 0.3) is 0 Å². The summed E-state index contributed by atoms with van der Waals surface area (Å²) in [6.45, 7) is 2.69. The standard InChI is InChI=1S/C20H20ClFN2O3/c1-2-26-19-12-14(9-11-24-20(25)8-10-23)6-7-18(19)27-13-15-16(21)4-3-5-17(15)22/h3-7,12H,2,8-9,11,13H2,1H3,(H,24,25). The second-order valence-corrected chi connectivity index (χ2v) is 6.05. The third kappa shape index (κ3) is 6.15. The van der Waals surface area contributed by atoms with Gasteiger partial charge >= 0.3 is 0 Å². The molecule has 0 spiro atoms. The Morgan fingerprint density at radius 1 is 1.26 bits per heavy atom. The number of hydrogen-bond acceptors (Lipinski definition) is 4. The van der Waals surface area contributed by atoms with Crippen LogP contribution in [0.5, 0.6) is 11.5 Å². The van der Waals surface area contributed by atoms with Gasteiger partial charge in [-0.1, -0.05) is 23.7 Å². The van der Waals surface area contributed by atoms with Crippen molar-refractivity contribution in [2.45, 2.75) is 26.4 Å². The summed E-state index contributed by atoms with van der Waals surface area (Å²) < 4.78 is 25.2. The molecule has 0 atom stereocenters. The summed E-state index contributed by atoms with van der Waals surface area (Å²) in [6.07, 6.45) is 0.423. The van der Waals surface area contributed by atoms with Crippen LogP contribution in [0.4, 0.5) is 4.39 Å². The molecule has 5 nitrogen and oxygen atoms in total. The number of carbonyl (C=O) groups is 1. The first-order chi connectivity index (χ1) is 13.0. The van der Waals surface area contributed by atoms with Gasteiger partial charge in [0.25, 0.3) is 0 Å². The van der Waals surface area contributed by atoms with Crippen molar-refractivity contribution >= 4 is 17.5 Å². The number of benzene rings is 2. The van der Waals surface area contributed by atoms with Crippen molar-refractivity contribution in [3.8, 4) is 17.6 Å². The van der Waals surface area contributed by atoms with Crippen LogP contribution in [0.2, 0.25) is 5.02 Å². The Morgan fingerprint density at radius 2 is 2.07 bits per heavy atom. The Kier molecular flexibility index (Phi) is 7.90. The highest BCUT2D eigenvalue weighted by molar-refractivity contribution is 6.31. The van der Waals surface area contributed by atoms with Crippen LogP contribution in [-0.4, -0.2) is 19.1 Å². The summed E-state index contributed by atoms with van der Waals surface area (Å²) in [7, 11) is 0. The molecule has 0 aliphatic heterocycles. The Hall–Kier alpha value is -2.78. The molecule has 0 saturated carbocycles. The van der Waals surface area contributed by atoms with Gasteiger partial charge in [0, 0.05) is 12.1 Å². The highest BCUT2D eigenvalue weighted by atomic mass is 35.5. The van der Waals surface area contributed by atoms with Crippen LogP contribution in [-0.2, 0) is 17.8 Å². The van der Waals surface area contributed by atoms with Gasteiger partial charge in [-0.05, 0) is 43.2 Å². The zero-order chi connectivity index (χ0) is 19.6. The summed E-state index contributed by atoms with van der Waals surface area (Å²) in [5.74, 6) is 0.286. The van der Waals surface area contributed by atoms with Crippen LogP contribution in [0.3, 0.4) is 0 Å². The summed E-state index contributed by atoms with van der Waals surface area (Å²) in [5.41, 5.74) is 1.22. The predicted octanol–water partition coefficient (Wildman–Crippen LogP) is 4.03. The van der Waals surface area contributed by atoms with E-state index in [-0.39, 0.29) is 24.5 Å². The molecule has 2 rings (SSSR count). The van der Waals surface area contributed by atoms with Crippen molar-refractivity contribution in [2.75, 3.05) is 13.2 Å². The number of ether oxygens (including phenoxy) is 2. The zero-order valence-electron chi connectivity index (χ0n) is 14.9. The molecule has 0 saturated heterocycles. The van der Waals surface area contributed by atoms with Crippen molar-refractivity contribution in [2.24, 2.45) is 0 Å². The molecule has 0 radical (unpaired) electrons. The predicted molar refractivity (Wildman–Crippen MR) is 100 cm³/mol. The van der Waals surface area contributed by atoms with E-state index in [1.165, 1.54) is 12.1 Å². The topological polar surface area (TPSA) is 71.3 Å². The number of hydrogen-bond donors (Lipinski definition) is 1. The SMILES string of the molecule is CCOc1cc(CCNC(=O)CC#N)ccc1OCc1c(F)cccc1Cl. The fraction of sp³-hybridized carbons (Fsp3) is 0.300. The van der Waals surface area contributed by atoms with Crippen molar-refractivity contribution in [1.82, 2.24) is 5.32 Å². The molecular weight excluding hydrogens is 371 g/mol. The molecule has 1 N–H and O–H groups in total. The van der Waals surface area contributed by atoms with E-state index in [1.54, 1.807) is 18.2 Å². The van der Waals surface area contributed by atoms with E-state index in [0.29, 0.717) is 36.1 Å². The summed E-state index contributed by atoms with van der Waals surface area (Å²) in [5, 5.41) is 11.4. The van der Waals surface area contributed by atoms with Crippen LogP contribution >= 0.6 is 11.6 Å². The van der Waals surface area contributed by atoms with Gasteiger partial charge in [-0.25, -0.2) is 4.39 Å². The van der Waals surface area contributed by atoms with Crippen LogP contribution in [0.15, 0.2) is 36.4 Å². The average molecular weight is 391 g/mol. The minimum atomic E-state index is -0.426. The van der Waals surface area contributed by atoms with E-state index in [1.807, 2.05) is 19.1 Å². The summed E-state index contributed by atoms with van der Waals surface area (Å²) >= 11 is 6.02. The lowest BCUT2D eigenvalue weighted by molar-refractivity contribution is -0.120. The third-order valence-electron chi connectivity index (χ3n) is 3.72. The highest BCUT2D eigenvalue weighted by Gasteiger charge is 2.11. The number of nitrogens with one attached hydrogen (secondary N) is 1. The quantitative estimate of drug-likeness (QED) is 0.701. The fourth-order valence-corrected chi connectivity index (χ4v) is 2.61. The number of amides is 1. The van der Waals surface area contributed by atoms with Crippen molar-refractivity contribution in [1.29, 1.82) is 5.26 Å². The first kappa shape index (κ1) is 20.5. The molecule has 0 bridgehead atoms. The average Bonchev–Trinajstić information content (AvgIpc) is 2.63. The van der Waals surface area contributed by atoms with E-state index in [4.69, 9.17) is 26.3 Å². The van der Waals surface area contributed by atoms with E-state index in [9.17, 15) is 9.18 Å². The van der Waals surface area contributed by atoms with E-state index < -0.39 is 5.82 Å². The smallest absolute Gasteiger partial charge is 0.234 e. The molecule has 1 amide bonds. The van der Waals surface area contributed by atoms with E-state index in [0.717, 1.165) is 5.56 Å². The van der Waals surface area contributed by atoms with Gasteiger partial charge in [0.05, 0.1) is 17.7 Å². The molecule has 27 heavy (non-hydrogen) atoms. The maximum absolute atomic E-state index is 13.9. The minimum Gasteiger partial charge on any atom is -0.490 e. The molecular formula is C20H20ClFN2O3. The molecule has 0 aliphatic carbocycles. The molecule has 0 aliphatic rings.